The van der Waals surface area contributed by atoms with Crippen molar-refractivity contribution >= 4 is 0 Å². The van der Waals surface area contributed by atoms with E-state index < -0.39 is 17.6 Å². The lowest BCUT2D eigenvalue weighted by Crippen LogP contribution is -2.33. The van der Waals surface area contributed by atoms with Crippen molar-refractivity contribution in [2.45, 2.75) is 39.3 Å². The lowest BCUT2D eigenvalue weighted by Gasteiger charge is -2.18. The highest BCUT2D eigenvalue weighted by Gasteiger charge is 2.33. The second-order valence-electron chi connectivity index (χ2n) is 6.81. The molecule has 0 unspecified atom stereocenters. The molecule has 0 N–H and O–H groups in total. The van der Waals surface area contributed by atoms with Gasteiger partial charge in [-0.2, -0.15) is 13.2 Å². The van der Waals surface area contributed by atoms with Crippen LogP contribution in [0.25, 0.3) is 11.3 Å². The molecule has 0 atom stereocenters. The summed E-state index contributed by atoms with van der Waals surface area (Å²) in [5, 5.41) is 0. The van der Waals surface area contributed by atoms with Crippen LogP contribution in [0.1, 0.15) is 37.5 Å². The Bertz CT molecular complexity index is 717. The van der Waals surface area contributed by atoms with Crippen LogP contribution in [0.5, 0.6) is 0 Å². The molecular weight excluding hydrogens is 306 g/mol. The van der Waals surface area contributed by atoms with Crippen molar-refractivity contribution in [3.05, 3.63) is 53.0 Å². The SMILES string of the molecule is Cc1cc(C(F)(F)F)cc(F)c1-c1ccc(C(C)(C)C)c[n+]1C. The zero-order valence-electron chi connectivity index (χ0n) is 13.8. The zero-order valence-corrected chi connectivity index (χ0v) is 13.8. The van der Waals surface area contributed by atoms with Gasteiger partial charge in [0, 0.05) is 11.6 Å². The minimum atomic E-state index is -4.55. The third-order valence-corrected chi connectivity index (χ3v) is 3.87. The second kappa shape index (κ2) is 5.62. The predicted molar refractivity (Wildman–Crippen MR) is 81.5 cm³/mol. The molecule has 5 heteroatoms. The molecule has 1 aromatic heterocycles. The molecule has 0 bridgehead atoms. The van der Waals surface area contributed by atoms with Gasteiger partial charge in [-0.15, -0.1) is 0 Å². The van der Waals surface area contributed by atoms with Crippen LogP contribution in [0.4, 0.5) is 17.6 Å². The number of hydrogen-bond acceptors (Lipinski definition) is 0. The van der Waals surface area contributed by atoms with Gasteiger partial charge < -0.3 is 0 Å². The molecule has 0 spiro atoms. The molecule has 1 aromatic carbocycles. The molecule has 1 nitrogen and oxygen atoms in total. The van der Waals surface area contributed by atoms with Gasteiger partial charge in [-0.05, 0) is 36.1 Å². The van der Waals surface area contributed by atoms with E-state index in [-0.39, 0.29) is 16.5 Å². The Balaban J connectivity index is 2.60. The van der Waals surface area contributed by atoms with E-state index in [1.54, 1.807) is 17.7 Å². The average molecular weight is 326 g/mol. The Labute approximate surface area is 133 Å². The number of aryl methyl sites for hydroxylation is 2. The number of hydrogen-bond donors (Lipinski definition) is 0. The summed E-state index contributed by atoms with van der Waals surface area (Å²) < 4.78 is 54.4. The van der Waals surface area contributed by atoms with E-state index in [1.165, 1.54) is 6.92 Å². The molecule has 0 aliphatic heterocycles. The van der Waals surface area contributed by atoms with Gasteiger partial charge in [0.25, 0.3) is 0 Å². The number of benzene rings is 1. The maximum Gasteiger partial charge on any atom is 0.416 e. The van der Waals surface area contributed by atoms with Crippen LogP contribution in [0, 0.1) is 12.7 Å². The van der Waals surface area contributed by atoms with E-state index in [0.29, 0.717) is 11.8 Å². The smallest absolute Gasteiger partial charge is 0.206 e. The number of nitrogens with zero attached hydrogens (tertiary/aromatic N) is 1. The monoisotopic (exact) mass is 326 g/mol. The minimum absolute atomic E-state index is 0.0655. The molecule has 23 heavy (non-hydrogen) atoms. The molecule has 0 aliphatic carbocycles. The summed E-state index contributed by atoms with van der Waals surface area (Å²) in [4.78, 5) is 0. The van der Waals surface area contributed by atoms with E-state index in [2.05, 4.69) is 20.8 Å². The summed E-state index contributed by atoms with van der Waals surface area (Å²) in [7, 11) is 1.77. The maximum absolute atomic E-state index is 14.3. The van der Waals surface area contributed by atoms with Gasteiger partial charge in [-0.1, -0.05) is 20.8 Å². The number of pyridine rings is 1. The fraction of sp³-hybridized carbons (Fsp3) is 0.389. The fourth-order valence-corrected chi connectivity index (χ4v) is 2.54. The van der Waals surface area contributed by atoms with Crippen molar-refractivity contribution in [2.24, 2.45) is 7.05 Å². The summed E-state index contributed by atoms with van der Waals surface area (Å²) in [5.41, 5.74) is 1.03. The van der Waals surface area contributed by atoms with Gasteiger partial charge in [0.05, 0.1) is 11.1 Å². The molecule has 2 rings (SSSR count). The third kappa shape index (κ3) is 3.54. The van der Waals surface area contributed by atoms with Crippen LogP contribution in [0.15, 0.2) is 30.5 Å². The third-order valence-electron chi connectivity index (χ3n) is 3.87. The van der Waals surface area contributed by atoms with Crippen LogP contribution in [0.2, 0.25) is 0 Å². The summed E-state index contributed by atoms with van der Waals surface area (Å²) in [6, 6.07) is 5.17. The van der Waals surface area contributed by atoms with E-state index >= 15 is 0 Å². The van der Waals surface area contributed by atoms with Gasteiger partial charge in [0.2, 0.25) is 5.69 Å². The van der Waals surface area contributed by atoms with E-state index in [9.17, 15) is 17.6 Å². The Morgan fingerprint density at radius 3 is 2.00 bits per heavy atom. The minimum Gasteiger partial charge on any atom is -0.206 e. The Hall–Kier alpha value is -1.91. The molecule has 0 aliphatic rings. The van der Waals surface area contributed by atoms with Gasteiger partial charge in [0.15, 0.2) is 6.20 Å². The van der Waals surface area contributed by atoms with E-state index in [1.807, 2.05) is 12.3 Å². The van der Waals surface area contributed by atoms with Crippen LogP contribution in [0.3, 0.4) is 0 Å². The summed E-state index contributed by atoms with van der Waals surface area (Å²) >= 11 is 0. The van der Waals surface area contributed by atoms with Crippen molar-refractivity contribution in [1.29, 1.82) is 0 Å². The lowest BCUT2D eigenvalue weighted by molar-refractivity contribution is -0.661. The molecule has 0 fully saturated rings. The average Bonchev–Trinajstić information content (AvgIpc) is 2.37. The Morgan fingerprint density at radius 2 is 1.57 bits per heavy atom. The first kappa shape index (κ1) is 17.4. The first-order chi connectivity index (χ1) is 10.4. The normalized spacial score (nSPS) is 12.6. The van der Waals surface area contributed by atoms with Crippen molar-refractivity contribution in [1.82, 2.24) is 0 Å². The van der Waals surface area contributed by atoms with Gasteiger partial charge >= 0.3 is 6.18 Å². The van der Waals surface area contributed by atoms with E-state index in [4.69, 9.17) is 0 Å². The Morgan fingerprint density at radius 1 is 0.957 bits per heavy atom. The van der Waals surface area contributed by atoms with Crippen LogP contribution in [-0.4, -0.2) is 0 Å². The molecule has 0 radical (unpaired) electrons. The lowest BCUT2D eigenvalue weighted by atomic mass is 9.88. The summed E-state index contributed by atoms with van der Waals surface area (Å²) in [5.74, 6) is -0.864. The highest BCUT2D eigenvalue weighted by atomic mass is 19.4. The van der Waals surface area contributed by atoms with Crippen molar-refractivity contribution in [3.8, 4) is 11.3 Å². The van der Waals surface area contributed by atoms with Crippen molar-refractivity contribution in [2.75, 3.05) is 0 Å². The van der Waals surface area contributed by atoms with Crippen LogP contribution < -0.4 is 4.57 Å². The standard InChI is InChI=1S/C18H20F4N/c1-11-8-13(18(20,21)22)9-14(19)16(11)15-7-6-12(10-23(15)5)17(2,3)4/h6-10H,1-5H3/q+1. The maximum atomic E-state index is 14.3. The van der Waals surface area contributed by atoms with E-state index in [0.717, 1.165) is 11.6 Å². The molecular formula is C18H20F4N+. The number of halogens is 4. The summed E-state index contributed by atoms with van der Waals surface area (Å²) in [6.07, 6.45) is -2.67. The Kier molecular flexibility index (Phi) is 4.26. The van der Waals surface area contributed by atoms with Crippen LogP contribution >= 0.6 is 0 Å². The first-order valence-electron chi connectivity index (χ1n) is 7.29. The highest BCUT2D eigenvalue weighted by Crippen LogP contribution is 2.34. The molecule has 0 saturated carbocycles. The van der Waals surface area contributed by atoms with Crippen LogP contribution in [-0.2, 0) is 18.6 Å². The second-order valence-corrected chi connectivity index (χ2v) is 6.81. The number of rotatable bonds is 1. The molecule has 0 amide bonds. The topological polar surface area (TPSA) is 3.88 Å². The number of aromatic nitrogens is 1. The predicted octanol–water partition coefficient (Wildman–Crippen LogP) is 4.94. The van der Waals surface area contributed by atoms with Gasteiger partial charge in [-0.25, -0.2) is 8.96 Å². The number of alkyl halides is 3. The first-order valence-corrected chi connectivity index (χ1v) is 7.29. The van der Waals surface area contributed by atoms with Gasteiger partial charge in [0.1, 0.15) is 12.9 Å². The molecule has 0 saturated heterocycles. The molecule has 2 aromatic rings. The fourth-order valence-electron chi connectivity index (χ4n) is 2.54. The molecule has 124 valence electrons. The molecule has 1 heterocycles. The largest absolute Gasteiger partial charge is 0.416 e. The van der Waals surface area contributed by atoms with Gasteiger partial charge in [-0.3, -0.25) is 0 Å². The highest BCUT2D eigenvalue weighted by molar-refractivity contribution is 5.63. The zero-order chi connectivity index (χ0) is 17.6. The summed E-state index contributed by atoms with van der Waals surface area (Å²) in [6.45, 7) is 7.68. The quantitative estimate of drug-likeness (QED) is 0.516. The van der Waals surface area contributed by atoms with Crippen molar-refractivity contribution in [3.63, 3.8) is 0 Å². The van der Waals surface area contributed by atoms with Crippen molar-refractivity contribution < 1.29 is 22.1 Å².